The fourth-order valence-corrected chi connectivity index (χ4v) is 2.99. The summed E-state index contributed by atoms with van der Waals surface area (Å²) in [5.74, 6) is -1.74. The molecule has 1 fully saturated rings. The normalized spacial score (nSPS) is 18.3. The van der Waals surface area contributed by atoms with E-state index in [0.717, 1.165) is 16.7 Å². The largest absolute Gasteiger partial charge is 0.480 e. The number of hydrogen-bond acceptors (Lipinski definition) is 3. The highest BCUT2D eigenvalue weighted by Gasteiger charge is 2.37. The number of alkyl halides is 3. The maximum atomic E-state index is 12.9. The molecule has 3 rings (SSSR count). The van der Waals surface area contributed by atoms with Crippen molar-refractivity contribution in [2.45, 2.75) is 32.0 Å². The van der Waals surface area contributed by atoms with Crippen molar-refractivity contribution in [1.82, 2.24) is 14.3 Å². The van der Waals surface area contributed by atoms with Crippen molar-refractivity contribution in [3.05, 3.63) is 35.3 Å². The van der Waals surface area contributed by atoms with Gasteiger partial charge in [-0.3, -0.25) is 9.20 Å². The first-order valence-corrected chi connectivity index (χ1v) is 7.30. The average Bonchev–Trinajstić information content (AvgIpc) is 3.08. The van der Waals surface area contributed by atoms with Crippen LogP contribution in [0, 0.1) is 6.92 Å². The molecule has 3 heterocycles. The highest BCUT2D eigenvalue weighted by molar-refractivity contribution is 5.97. The van der Waals surface area contributed by atoms with Crippen LogP contribution in [-0.4, -0.2) is 43.9 Å². The van der Waals surface area contributed by atoms with Gasteiger partial charge in [0.25, 0.3) is 5.91 Å². The molecule has 0 aliphatic carbocycles. The van der Waals surface area contributed by atoms with Crippen LogP contribution in [0.5, 0.6) is 0 Å². The molecule has 1 aliphatic rings. The zero-order chi connectivity index (χ0) is 17.6. The van der Waals surface area contributed by atoms with E-state index in [-0.39, 0.29) is 23.6 Å². The van der Waals surface area contributed by atoms with Gasteiger partial charge in [0, 0.05) is 12.7 Å². The molecule has 1 unspecified atom stereocenters. The summed E-state index contributed by atoms with van der Waals surface area (Å²) in [6.07, 6.45) is -2.88. The van der Waals surface area contributed by atoms with Crippen molar-refractivity contribution < 1.29 is 27.9 Å². The highest BCUT2D eigenvalue weighted by Crippen LogP contribution is 2.30. The summed E-state index contributed by atoms with van der Waals surface area (Å²) in [7, 11) is 0. The summed E-state index contributed by atoms with van der Waals surface area (Å²) in [5, 5.41) is 9.20. The van der Waals surface area contributed by atoms with Crippen molar-refractivity contribution >= 4 is 17.5 Å². The van der Waals surface area contributed by atoms with Crippen molar-refractivity contribution in [2.75, 3.05) is 6.54 Å². The number of carbonyl (C=O) groups is 2. The fraction of sp³-hybridized carbons (Fsp3) is 0.400. The van der Waals surface area contributed by atoms with Crippen LogP contribution in [0.1, 0.15) is 34.6 Å². The number of carboxylic acids is 1. The molecule has 0 saturated carbocycles. The lowest BCUT2D eigenvalue weighted by atomic mass is 10.2. The molecule has 0 spiro atoms. The van der Waals surface area contributed by atoms with Crippen LogP contribution in [0.25, 0.3) is 5.65 Å². The Morgan fingerprint density at radius 1 is 1.33 bits per heavy atom. The number of aryl methyl sites for hydroxylation is 1. The Labute approximate surface area is 134 Å². The van der Waals surface area contributed by atoms with Crippen LogP contribution in [0.2, 0.25) is 0 Å². The van der Waals surface area contributed by atoms with Gasteiger partial charge in [-0.2, -0.15) is 13.2 Å². The van der Waals surface area contributed by atoms with E-state index in [9.17, 15) is 27.9 Å². The van der Waals surface area contributed by atoms with E-state index in [1.165, 1.54) is 17.9 Å². The van der Waals surface area contributed by atoms with Gasteiger partial charge in [0.2, 0.25) is 0 Å². The first-order chi connectivity index (χ1) is 11.2. The van der Waals surface area contributed by atoms with Gasteiger partial charge in [-0.05, 0) is 31.9 Å². The number of halogens is 3. The third-order valence-corrected chi connectivity index (χ3v) is 4.12. The molecule has 0 radical (unpaired) electrons. The van der Waals surface area contributed by atoms with Crippen LogP contribution in [0.3, 0.4) is 0 Å². The van der Waals surface area contributed by atoms with E-state index in [4.69, 9.17) is 0 Å². The number of aromatic nitrogens is 2. The smallest absolute Gasteiger partial charge is 0.417 e. The number of hydrogen-bond donors (Lipinski definition) is 1. The Morgan fingerprint density at radius 2 is 2.04 bits per heavy atom. The van der Waals surface area contributed by atoms with Crippen molar-refractivity contribution in [2.24, 2.45) is 0 Å². The molecule has 0 bridgehead atoms. The Bertz CT molecular complexity index is 828. The number of pyridine rings is 1. The maximum absolute atomic E-state index is 12.9. The van der Waals surface area contributed by atoms with Crippen LogP contribution in [-0.2, 0) is 11.0 Å². The Balaban J connectivity index is 2.09. The minimum Gasteiger partial charge on any atom is -0.480 e. The molecule has 1 atom stereocenters. The van der Waals surface area contributed by atoms with Gasteiger partial charge in [0.1, 0.15) is 17.4 Å². The SMILES string of the molecule is Cc1nc2ccc(C(F)(F)F)cn2c1C(=O)N1CCCC1C(=O)O. The molecule has 1 N–H and O–H groups in total. The van der Waals surface area contributed by atoms with Crippen molar-refractivity contribution in [3.63, 3.8) is 0 Å². The fourth-order valence-electron chi connectivity index (χ4n) is 2.99. The van der Waals surface area contributed by atoms with Gasteiger partial charge >= 0.3 is 12.1 Å². The second kappa shape index (κ2) is 5.50. The first kappa shape index (κ1) is 16.3. The molecule has 128 valence electrons. The number of fused-ring (bicyclic) bond motifs is 1. The Hall–Kier alpha value is -2.58. The lowest BCUT2D eigenvalue weighted by molar-refractivity contribution is -0.141. The minimum atomic E-state index is -4.55. The quantitative estimate of drug-likeness (QED) is 0.910. The van der Waals surface area contributed by atoms with Crippen LogP contribution >= 0.6 is 0 Å². The van der Waals surface area contributed by atoms with Crippen LogP contribution < -0.4 is 0 Å². The van der Waals surface area contributed by atoms with Crippen LogP contribution in [0.4, 0.5) is 13.2 Å². The number of rotatable bonds is 2. The topological polar surface area (TPSA) is 74.9 Å². The van der Waals surface area contributed by atoms with Gasteiger partial charge in [-0.25, -0.2) is 9.78 Å². The first-order valence-electron chi connectivity index (χ1n) is 7.30. The predicted octanol–water partition coefficient (Wildman–Crippen LogP) is 2.35. The molecule has 9 heteroatoms. The average molecular weight is 341 g/mol. The van der Waals surface area contributed by atoms with E-state index in [2.05, 4.69) is 4.98 Å². The Morgan fingerprint density at radius 3 is 2.67 bits per heavy atom. The Kier molecular flexibility index (Phi) is 3.73. The van der Waals surface area contributed by atoms with Crippen LogP contribution in [0.15, 0.2) is 18.3 Å². The maximum Gasteiger partial charge on any atom is 0.417 e. The summed E-state index contributed by atoms with van der Waals surface area (Å²) < 4.78 is 39.8. The molecular weight excluding hydrogens is 327 g/mol. The second-order valence-electron chi connectivity index (χ2n) is 5.68. The van der Waals surface area contributed by atoms with Crippen molar-refractivity contribution in [1.29, 1.82) is 0 Å². The van der Waals surface area contributed by atoms with E-state index in [1.54, 1.807) is 0 Å². The molecule has 2 aromatic rings. The molecule has 1 aliphatic heterocycles. The molecule has 1 saturated heterocycles. The molecule has 24 heavy (non-hydrogen) atoms. The number of imidazole rings is 1. The second-order valence-corrected chi connectivity index (χ2v) is 5.68. The van der Waals surface area contributed by atoms with Gasteiger partial charge in [-0.15, -0.1) is 0 Å². The van der Waals surface area contributed by atoms with E-state index in [0.29, 0.717) is 12.8 Å². The van der Waals surface area contributed by atoms with E-state index >= 15 is 0 Å². The molecule has 6 nitrogen and oxygen atoms in total. The lowest BCUT2D eigenvalue weighted by Crippen LogP contribution is -2.41. The number of nitrogens with zero attached hydrogens (tertiary/aromatic N) is 3. The number of aliphatic carboxylic acids is 1. The summed E-state index contributed by atoms with van der Waals surface area (Å²) >= 11 is 0. The van der Waals surface area contributed by atoms with Gasteiger partial charge < -0.3 is 10.0 Å². The monoisotopic (exact) mass is 341 g/mol. The minimum absolute atomic E-state index is 0.0377. The van der Waals surface area contributed by atoms with E-state index in [1.807, 2.05) is 0 Å². The predicted molar refractivity (Wildman–Crippen MR) is 76.6 cm³/mol. The van der Waals surface area contributed by atoms with Gasteiger partial charge in [0.15, 0.2) is 0 Å². The molecule has 1 amide bonds. The highest BCUT2D eigenvalue weighted by atomic mass is 19.4. The van der Waals surface area contributed by atoms with Gasteiger partial charge in [-0.1, -0.05) is 0 Å². The van der Waals surface area contributed by atoms with E-state index < -0.39 is 29.7 Å². The van der Waals surface area contributed by atoms with Crippen molar-refractivity contribution in [3.8, 4) is 0 Å². The third-order valence-electron chi connectivity index (χ3n) is 4.12. The zero-order valence-corrected chi connectivity index (χ0v) is 12.7. The number of carbonyl (C=O) groups excluding carboxylic acids is 1. The standard InChI is InChI=1S/C15H14F3N3O3/c1-8-12(13(22)20-6-2-3-10(20)14(23)24)21-7-9(15(16,17)18)4-5-11(21)19-8/h4-5,7,10H,2-3,6H2,1H3,(H,23,24). The summed E-state index contributed by atoms with van der Waals surface area (Å²) in [6, 6.07) is 1.12. The molecular formula is C15H14F3N3O3. The lowest BCUT2D eigenvalue weighted by Gasteiger charge is -2.21. The summed E-state index contributed by atoms with van der Waals surface area (Å²) in [4.78, 5) is 29.3. The van der Waals surface area contributed by atoms with Gasteiger partial charge in [0.05, 0.1) is 11.3 Å². The number of amides is 1. The third kappa shape index (κ3) is 2.59. The molecule has 0 aromatic carbocycles. The summed E-state index contributed by atoms with van der Waals surface area (Å²) in [6.45, 7) is 1.76. The summed E-state index contributed by atoms with van der Waals surface area (Å²) in [5.41, 5.74) is -0.479. The molecule has 2 aromatic heterocycles. The number of carboxylic acid groups (broad SMARTS) is 1. The zero-order valence-electron chi connectivity index (χ0n) is 12.7. The number of likely N-dealkylation sites (tertiary alicyclic amines) is 1.